The van der Waals surface area contributed by atoms with E-state index in [-0.39, 0.29) is 24.0 Å². The summed E-state index contributed by atoms with van der Waals surface area (Å²) in [5.74, 6) is 0.842. The first-order valence-corrected chi connectivity index (χ1v) is 8.75. The molecule has 3 N–H and O–H groups in total. The van der Waals surface area contributed by atoms with E-state index in [1.807, 2.05) is 18.2 Å². The van der Waals surface area contributed by atoms with Crippen LogP contribution in [0.4, 0.5) is 5.13 Å². The number of rotatable bonds is 9. The minimum absolute atomic E-state index is 0. The van der Waals surface area contributed by atoms with E-state index < -0.39 is 0 Å². The van der Waals surface area contributed by atoms with E-state index in [1.54, 1.807) is 18.4 Å². The van der Waals surface area contributed by atoms with Crippen LogP contribution >= 0.6 is 35.3 Å². The molecule has 0 aliphatic carbocycles. The Bertz CT molecular complexity index is 586. The molecular formula is C16H26IN5OS. The van der Waals surface area contributed by atoms with Crippen LogP contribution in [0.25, 0.3) is 10.2 Å². The summed E-state index contributed by atoms with van der Waals surface area (Å²) in [6.45, 7) is 5.98. The predicted octanol–water partition coefficient (Wildman–Crippen LogP) is 2.92. The summed E-state index contributed by atoms with van der Waals surface area (Å²) in [4.78, 5) is 9.06. The van der Waals surface area contributed by atoms with Gasteiger partial charge in [-0.2, -0.15) is 0 Å². The lowest BCUT2D eigenvalue weighted by atomic mass is 10.3. The van der Waals surface area contributed by atoms with E-state index in [0.717, 1.165) is 55.8 Å². The van der Waals surface area contributed by atoms with Crippen molar-refractivity contribution < 1.29 is 4.74 Å². The van der Waals surface area contributed by atoms with Gasteiger partial charge in [0.25, 0.3) is 0 Å². The van der Waals surface area contributed by atoms with Gasteiger partial charge in [-0.25, -0.2) is 4.98 Å². The predicted molar refractivity (Wildman–Crippen MR) is 114 cm³/mol. The Labute approximate surface area is 164 Å². The molecule has 0 unspecified atom stereocenters. The number of anilines is 1. The Balaban J connectivity index is 0.00000288. The number of guanidine groups is 1. The number of hydrogen-bond donors (Lipinski definition) is 3. The number of ether oxygens (including phenoxy) is 1. The van der Waals surface area contributed by atoms with Crippen molar-refractivity contribution in [2.45, 2.75) is 13.3 Å². The molecule has 2 rings (SSSR count). The molecule has 6 nitrogen and oxygen atoms in total. The molecule has 24 heavy (non-hydrogen) atoms. The van der Waals surface area contributed by atoms with Crippen LogP contribution in [0, 0.1) is 0 Å². The number of halogens is 1. The van der Waals surface area contributed by atoms with Crippen molar-refractivity contribution in [1.29, 1.82) is 0 Å². The van der Waals surface area contributed by atoms with Crippen LogP contribution in [-0.2, 0) is 4.74 Å². The topological polar surface area (TPSA) is 70.6 Å². The summed E-state index contributed by atoms with van der Waals surface area (Å²) >= 11 is 1.68. The number of para-hydroxylation sites is 1. The SMILES string of the molecule is CCNC(=NCCCOC)NCCNc1nc2ccccc2s1.I. The van der Waals surface area contributed by atoms with Crippen molar-refractivity contribution in [3.63, 3.8) is 0 Å². The number of aromatic nitrogens is 1. The molecule has 134 valence electrons. The van der Waals surface area contributed by atoms with Crippen molar-refractivity contribution in [2.24, 2.45) is 4.99 Å². The van der Waals surface area contributed by atoms with Crippen molar-refractivity contribution in [3.05, 3.63) is 24.3 Å². The fraction of sp³-hybridized carbons (Fsp3) is 0.500. The molecular weight excluding hydrogens is 437 g/mol. The summed E-state index contributed by atoms with van der Waals surface area (Å²) in [5.41, 5.74) is 1.04. The molecule has 0 aliphatic heterocycles. The second-order valence-electron chi connectivity index (χ2n) is 4.95. The second-order valence-corrected chi connectivity index (χ2v) is 5.98. The number of thiazole rings is 1. The van der Waals surface area contributed by atoms with E-state index in [1.165, 1.54) is 4.70 Å². The Kier molecular flexibility index (Phi) is 10.7. The van der Waals surface area contributed by atoms with E-state index in [0.29, 0.717) is 0 Å². The first-order chi connectivity index (χ1) is 11.3. The zero-order chi connectivity index (χ0) is 16.3. The van der Waals surface area contributed by atoms with Crippen LogP contribution in [-0.4, -0.2) is 50.8 Å². The molecule has 0 saturated heterocycles. The molecule has 1 aromatic heterocycles. The highest BCUT2D eigenvalue weighted by Crippen LogP contribution is 2.24. The van der Waals surface area contributed by atoms with Gasteiger partial charge in [-0.1, -0.05) is 23.5 Å². The molecule has 0 bridgehead atoms. The van der Waals surface area contributed by atoms with Gasteiger partial charge in [-0.15, -0.1) is 24.0 Å². The number of nitrogens with one attached hydrogen (secondary N) is 3. The monoisotopic (exact) mass is 463 g/mol. The summed E-state index contributed by atoms with van der Waals surface area (Å²) in [6, 6.07) is 8.17. The average molecular weight is 463 g/mol. The second kappa shape index (κ2) is 12.3. The molecule has 2 aromatic rings. The lowest BCUT2D eigenvalue weighted by molar-refractivity contribution is 0.197. The normalized spacial score (nSPS) is 11.2. The van der Waals surface area contributed by atoms with E-state index in [9.17, 15) is 0 Å². The number of methoxy groups -OCH3 is 1. The molecule has 0 radical (unpaired) electrons. The fourth-order valence-electron chi connectivity index (χ4n) is 2.04. The quantitative estimate of drug-likeness (QED) is 0.231. The Morgan fingerprint density at radius 2 is 2.08 bits per heavy atom. The van der Waals surface area contributed by atoms with Gasteiger partial charge >= 0.3 is 0 Å². The average Bonchev–Trinajstić information content (AvgIpc) is 2.98. The first-order valence-electron chi connectivity index (χ1n) is 7.94. The summed E-state index contributed by atoms with van der Waals surface area (Å²) in [5, 5.41) is 10.9. The van der Waals surface area contributed by atoms with Gasteiger partial charge in [0, 0.05) is 39.9 Å². The third-order valence-corrected chi connectivity index (χ3v) is 4.10. The van der Waals surface area contributed by atoms with Gasteiger partial charge in [-0.3, -0.25) is 4.99 Å². The maximum Gasteiger partial charge on any atom is 0.191 e. The summed E-state index contributed by atoms with van der Waals surface area (Å²) in [7, 11) is 1.71. The van der Waals surface area contributed by atoms with Gasteiger partial charge in [0.05, 0.1) is 10.2 Å². The molecule has 0 amide bonds. The van der Waals surface area contributed by atoms with Crippen LogP contribution in [0.15, 0.2) is 29.3 Å². The molecule has 1 aromatic carbocycles. The molecule has 1 heterocycles. The van der Waals surface area contributed by atoms with Crippen LogP contribution < -0.4 is 16.0 Å². The van der Waals surface area contributed by atoms with Crippen molar-refractivity contribution in [2.75, 3.05) is 45.2 Å². The number of nitrogens with zero attached hydrogens (tertiary/aromatic N) is 2. The maximum atomic E-state index is 5.03. The minimum Gasteiger partial charge on any atom is -0.385 e. The van der Waals surface area contributed by atoms with E-state index in [2.05, 4.69) is 38.9 Å². The molecule has 0 spiro atoms. The van der Waals surface area contributed by atoms with Gasteiger partial charge in [0.15, 0.2) is 11.1 Å². The standard InChI is InChI=1S/C16H25N5OS.HI/c1-3-17-15(18-9-6-12-22-2)19-10-11-20-16-21-13-7-4-5-8-14(13)23-16;/h4-5,7-8H,3,6,9-12H2,1-2H3,(H,20,21)(H2,17,18,19);1H. The molecule has 8 heteroatoms. The van der Waals surface area contributed by atoms with Gasteiger partial charge in [-0.05, 0) is 25.5 Å². The molecule has 0 atom stereocenters. The highest BCUT2D eigenvalue weighted by atomic mass is 127. The van der Waals surface area contributed by atoms with Crippen molar-refractivity contribution >= 4 is 56.6 Å². The Morgan fingerprint density at radius 1 is 1.25 bits per heavy atom. The lowest BCUT2D eigenvalue weighted by Crippen LogP contribution is -2.39. The number of fused-ring (bicyclic) bond motifs is 1. The Hall–Kier alpha value is -1.13. The van der Waals surface area contributed by atoms with Crippen LogP contribution in [0.5, 0.6) is 0 Å². The van der Waals surface area contributed by atoms with Gasteiger partial charge in [0.1, 0.15) is 0 Å². The number of aliphatic imine (C=N–C) groups is 1. The lowest BCUT2D eigenvalue weighted by Gasteiger charge is -2.11. The van der Waals surface area contributed by atoms with Gasteiger partial charge < -0.3 is 20.7 Å². The third-order valence-electron chi connectivity index (χ3n) is 3.11. The zero-order valence-electron chi connectivity index (χ0n) is 14.2. The summed E-state index contributed by atoms with van der Waals surface area (Å²) in [6.07, 6.45) is 0.928. The maximum absolute atomic E-state index is 5.03. The van der Waals surface area contributed by atoms with Crippen molar-refractivity contribution in [1.82, 2.24) is 15.6 Å². The Morgan fingerprint density at radius 3 is 2.83 bits per heavy atom. The smallest absolute Gasteiger partial charge is 0.191 e. The highest BCUT2D eigenvalue weighted by Gasteiger charge is 2.02. The summed E-state index contributed by atoms with van der Waals surface area (Å²) < 4.78 is 6.23. The van der Waals surface area contributed by atoms with E-state index in [4.69, 9.17) is 4.74 Å². The van der Waals surface area contributed by atoms with Crippen LogP contribution in [0.3, 0.4) is 0 Å². The molecule has 0 fully saturated rings. The first kappa shape index (κ1) is 20.9. The number of hydrogen-bond acceptors (Lipinski definition) is 5. The van der Waals surface area contributed by atoms with Crippen LogP contribution in [0.1, 0.15) is 13.3 Å². The van der Waals surface area contributed by atoms with Crippen LogP contribution in [0.2, 0.25) is 0 Å². The van der Waals surface area contributed by atoms with Gasteiger partial charge in [0.2, 0.25) is 0 Å². The third kappa shape index (κ3) is 7.18. The molecule has 0 saturated carbocycles. The molecule has 0 aliphatic rings. The van der Waals surface area contributed by atoms with E-state index >= 15 is 0 Å². The number of benzene rings is 1. The zero-order valence-corrected chi connectivity index (χ0v) is 17.3. The fourth-order valence-corrected chi connectivity index (χ4v) is 2.93. The van der Waals surface area contributed by atoms with Crippen molar-refractivity contribution in [3.8, 4) is 0 Å². The minimum atomic E-state index is 0. The highest BCUT2D eigenvalue weighted by molar-refractivity contribution is 14.0. The largest absolute Gasteiger partial charge is 0.385 e.